The Morgan fingerprint density at radius 1 is 1.45 bits per heavy atom. The van der Waals surface area contributed by atoms with Gasteiger partial charge in [0, 0.05) is 24.6 Å². The maximum Gasteiger partial charge on any atom is 0.216 e. The molecule has 2 aromatic rings. The number of H-pyrrole nitrogens is 1. The molecule has 0 bridgehead atoms. The van der Waals surface area contributed by atoms with E-state index >= 15 is 0 Å². The lowest BCUT2D eigenvalue weighted by molar-refractivity contribution is 0.110. The van der Waals surface area contributed by atoms with Crippen molar-refractivity contribution in [1.82, 2.24) is 20.6 Å². The predicted molar refractivity (Wildman–Crippen MR) is 79.8 cm³/mol. The van der Waals surface area contributed by atoms with Crippen molar-refractivity contribution in [3.8, 4) is 11.8 Å². The van der Waals surface area contributed by atoms with E-state index < -0.39 is 0 Å². The van der Waals surface area contributed by atoms with Crippen LogP contribution in [0.4, 0.5) is 5.69 Å². The highest BCUT2D eigenvalue weighted by Gasteiger charge is 2.05. The van der Waals surface area contributed by atoms with E-state index in [9.17, 15) is 0 Å². The fraction of sp³-hybridized carbons (Fsp3) is 0.286. The summed E-state index contributed by atoms with van der Waals surface area (Å²) in [6.45, 7) is 3.64. The molecule has 1 aromatic heterocycles. The average Bonchev–Trinajstić information content (AvgIpc) is 3.07. The molecule has 22 heavy (non-hydrogen) atoms. The number of aromatic nitrogens is 4. The van der Waals surface area contributed by atoms with Crippen LogP contribution in [-0.2, 0) is 4.74 Å². The second kappa shape index (κ2) is 8.39. The summed E-state index contributed by atoms with van der Waals surface area (Å²) in [5, 5.41) is 25.3. The van der Waals surface area contributed by atoms with Crippen LogP contribution in [0.2, 0.25) is 0 Å². The van der Waals surface area contributed by atoms with Crippen LogP contribution in [-0.4, -0.2) is 40.4 Å². The van der Waals surface area contributed by atoms with Gasteiger partial charge in [0.1, 0.15) is 24.0 Å². The van der Waals surface area contributed by atoms with Crippen LogP contribution in [0, 0.1) is 11.3 Å². The van der Waals surface area contributed by atoms with Gasteiger partial charge in [-0.05, 0) is 24.3 Å². The van der Waals surface area contributed by atoms with Crippen LogP contribution in [0.1, 0.15) is 12.7 Å². The molecule has 2 N–H and O–H groups in total. The lowest BCUT2D eigenvalue weighted by Gasteiger charge is -2.08. The van der Waals surface area contributed by atoms with Crippen LogP contribution >= 0.6 is 0 Å². The van der Waals surface area contributed by atoms with Gasteiger partial charge in [0.05, 0.1) is 6.61 Å². The smallest absolute Gasteiger partial charge is 0.216 e. The first kappa shape index (κ1) is 15.5. The highest BCUT2D eigenvalue weighted by molar-refractivity contribution is 5.74. The summed E-state index contributed by atoms with van der Waals surface area (Å²) in [5.41, 5.74) is 1.06. The Bertz CT molecular complexity index is 648. The second-order valence-electron chi connectivity index (χ2n) is 4.12. The Morgan fingerprint density at radius 3 is 3.09 bits per heavy atom. The second-order valence-corrected chi connectivity index (χ2v) is 4.12. The third-order valence-electron chi connectivity index (χ3n) is 2.62. The number of tetrazole rings is 1. The summed E-state index contributed by atoms with van der Waals surface area (Å²) in [6.07, 6.45) is 1.52. The standard InChI is InChI=1S/C14H16N6O2/c1-2-21-6-7-22-13-5-3-4-12(8-13)16-10-11(9-15)14-17-19-20-18-14/h3-5,8,10,16H,2,6-7H2,1H3,(H,17,18,19,20). The molecule has 0 amide bonds. The van der Waals surface area contributed by atoms with Gasteiger partial charge in [0.25, 0.3) is 0 Å². The van der Waals surface area contributed by atoms with Gasteiger partial charge in [0.2, 0.25) is 5.82 Å². The number of allylic oxidation sites excluding steroid dienone is 1. The lowest BCUT2D eigenvalue weighted by atomic mass is 10.2. The van der Waals surface area contributed by atoms with E-state index in [0.717, 1.165) is 11.4 Å². The van der Waals surface area contributed by atoms with Crippen LogP contribution in [0.25, 0.3) is 5.57 Å². The molecule has 0 aliphatic carbocycles. The summed E-state index contributed by atoms with van der Waals surface area (Å²) in [6, 6.07) is 9.39. The first-order valence-electron chi connectivity index (χ1n) is 6.74. The number of aromatic amines is 1. The lowest BCUT2D eigenvalue weighted by Crippen LogP contribution is -2.06. The summed E-state index contributed by atoms with van der Waals surface area (Å²) in [7, 11) is 0. The third-order valence-corrected chi connectivity index (χ3v) is 2.62. The number of nitrogens with one attached hydrogen (secondary N) is 2. The molecule has 8 nitrogen and oxygen atoms in total. The van der Waals surface area contributed by atoms with Gasteiger partial charge in [-0.2, -0.15) is 10.5 Å². The topological polar surface area (TPSA) is 109 Å². The summed E-state index contributed by atoms with van der Waals surface area (Å²) in [5.74, 6) is 0.954. The van der Waals surface area contributed by atoms with E-state index in [2.05, 4.69) is 25.9 Å². The van der Waals surface area contributed by atoms with E-state index in [4.69, 9.17) is 14.7 Å². The van der Waals surface area contributed by atoms with E-state index in [1.54, 1.807) is 0 Å². The zero-order chi connectivity index (χ0) is 15.6. The van der Waals surface area contributed by atoms with Crippen molar-refractivity contribution in [3.05, 3.63) is 36.3 Å². The Balaban J connectivity index is 1.96. The van der Waals surface area contributed by atoms with E-state index in [1.165, 1.54) is 6.20 Å². The van der Waals surface area contributed by atoms with Gasteiger partial charge >= 0.3 is 0 Å². The Kier molecular flexibility index (Phi) is 5.90. The number of ether oxygens (including phenoxy) is 2. The molecular formula is C14H16N6O2. The Morgan fingerprint density at radius 2 is 2.36 bits per heavy atom. The minimum Gasteiger partial charge on any atom is -0.491 e. The Hall–Kier alpha value is -2.92. The van der Waals surface area contributed by atoms with Crippen molar-refractivity contribution in [2.75, 3.05) is 25.1 Å². The van der Waals surface area contributed by atoms with Crippen molar-refractivity contribution >= 4 is 11.3 Å². The molecule has 0 aliphatic rings. The first-order valence-corrected chi connectivity index (χ1v) is 6.74. The Labute approximate surface area is 127 Å². The zero-order valence-electron chi connectivity index (χ0n) is 12.1. The minimum absolute atomic E-state index is 0.235. The molecule has 0 radical (unpaired) electrons. The number of hydrogen-bond donors (Lipinski definition) is 2. The molecule has 114 valence electrons. The molecule has 0 saturated heterocycles. The molecule has 0 fully saturated rings. The number of benzene rings is 1. The number of nitriles is 1. The van der Waals surface area contributed by atoms with Crippen molar-refractivity contribution in [2.45, 2.75) is 6.92 Å². The van der Waals surface area contributed by atoms with Gasteiger partial charge < -0.3 is 14.8 Å². The normalized spacial score (nSPS) is 11.0. The van der Waals surface area contributed by atoms with Gasteiger partial charge in [-0.25, -0.2) is 0 Å². The van der Waals surface area contributed by atoms with Crippen molar-refractivity contribution in [1.29, 1.82) is 5.26 Å². The minimum atomic E-state index is 0.235. The number of rotatable bonds is 8. The summed E-state index contributed by atoms with van der Waals surface area (Å²) >= 11 is 0. The quantitative estimate of drug-likeness (QED) is 0.563. The van der Waals surface area contributed by atoms with Crippen LogP contribution < -0.4 is 10.1 Å². The molecule has 8 heteroatoms. The first-order chi connectivity index (χ1) is 10.8. The van der Waals surface area contributed by atoms with E-state index in [-0.39, 0.29) is 11.4 Å². The third kappa shape index (κ3) is 4.57. The number of hydrogen-bond acceptors (Lipinski definition) is 7. The molecule has 1 heterocycles. The van der Waals surface area contributed by atoms with Crippen LogP contribution in [0.5, 0.6) is 5.75 Å². The molecule has 0 atom stereocenters. The molecule has 0 spiro atoms. The molecule has 1 aromatic carbocycles. The largest absolute Gasteiger partial charge is 0.491 e. The van der Waals surface area contributed by atoms with E-state index in [0.29, 0.717) is 19.8 Å². The van der Waals surface area contributed by atoms with Crippen LogP contribution in [0.15, 0.2) is 30.5 Å². The molecule has 0 saturated carbocycles. The summed E-state index contributed by atoms with van der Waals surface area (Å²) in [4.78, 5) is 0. The monoisotopic (exact) mass is 300 g/mol. The van der Waals surface area contributed by atoms with Crippen molar-refractivity contribution in [2.24, 2.45) is 0 Å². The maximum absolute atomic E-state index is 9.08. The molecule has 0 aliphatic heterocycles. The fourth-order valence-corrected chi connectivity index (χ4v) is 1.62. The van der Waals surface area contributed by atoms with Gasteiger partial charge in [-0.3, -0.25) is 0 Å². The number of nitrogens with zero attached hydrogens (tertiary/aromatic N) is 4. The molecular weight excluding hydrogens is 284 g/mol. The average molecular weight is 300 g/mol. The molecule has 0 unspecified atom stereocenters. The van der Waals surface area contributed by atoms with Crippen LogP contribution in [0.3, 0.4) is 0 Å². The highest BCUT2D eigenvalue weighted by atomic mass is 16.5. The summed E-state index contributed by atoms with van der Waals surface area (Å²) < 4.78 is 10.8. The number of anilines is 1. The van der Waals surface area contributed by atoms with Gasteiger partial charge in [-0.1, -0.05) is 6.07 Å². The zero-order valence-corrected chi connectivity index (χ0v) is 12.1. The van der Waals surface area contributed by atoms with Crippen molar-refractivity contribution < 1.29 is 9.47 Å². The SMILES string of the molecule is CCOCCOc1cccc(NC=C(C#N)c2nn[nH]n2)c1. The highest BCUT2D eigenvalue weighted by Crippen LogP contribution is 2.18. The predicted octanol–water partition coefficient (Wildman–Crippen LogP) is 1.59. The van der Waals surface area contributed by atoms with Crippen molar-refractivity contribution in [3.63, 3.8) is 0 Å². The van der Waals surface area contributed by atoms with Gasteiger partial charge in [-0.15, -0.1) is 10.2 Å². The van der Waals surface area contributed by atoms with Gasteiger partial charge in [0.15, 0.2) is 0 Å². The fourth-order valence-electron chi connectivity index (χ4n) is 1.62. The van der Waals surface area contributed by atoms with E-state index in [1.807, 2.05) is 37.3 Å². The maximum atomic E-state index is 9.08. The molecule has 2 rings (SSSR count).